The van der Waals surface area contributed by atoms with Crippen LogP contribution < -0.4 is 10.9 Å². The molecule has 0 aliphatic carbocycles. The zero-order valence-electron chi connectivity index (χ0n) is 19.6. The number of furan rings is 1. The molecular formula is C29H27N3O2. The van der Waals surface area contributed by atoms with Gasteiger partial charge in [-0.2, -0.15) is 5.26 Å². The van der Waals surface area contributed by atoms with Crippen molar-refractivity contribution in [1.82, 2.24) is 10.9 Å². The minimum absolute atomic E-state index is 0.248. The van der Waals surface area contributed by atoms with Crippen LogP contribution in [-0.4, -0.2) is 12.5 Å². The largest absolute Gasteiger partial charge is 0.455 e. The Hall–Kier alpha value is -4.14. The minimum Gasteiger partial charge on any atom is -0.455 e. The third-order valence-electron chi connectivity index (χ3n) is 5.50. The molecule has 1 aromatic heterocycles. The Morgan fingerprint density at radius 2 is 1.74 bits per heavy atom. The molecule has 4 rings (SSSR count). The van der Waals surface area contributed by atoms with E-state index in [4.69, 9.17) is 4.42 Å². The smallest absolute Gasteiger partial charge is 0.269 e. The van der Waals surface area contributed by atoms with Gasteiger partial charge in [0.15, 0.2) is 0 Å². The minimum atomic E-state index is -0.248. The molecule has 0 unspecified atom stereocenters. The van der Waals surface area contributed by atoms with Crippen molar-refractivity contribution in [2.75, 3.05) is 6.54 Å². The Morgan fingerprint density at radius 3 is 2.41 bits per heavy atom. The number of hydrazine groups is 1. The fourth-order valence-electron chi connectivity index (χ4n) is 3.68. The summed E-state index contributed by atoms with van der Waals surface area (Å²) in [6.07, 6.45) is 1.87. The van der Waals surface area contributed by atoms with Crippen LogP contribution in [0.5, 0.6) is 0 Å². The summed E-state index contributed by atoms with van der Waals surface area (Å²) < 4.78 is 6.10. The number of carbonyl (C=O) groups is 1. The van der Waals surface area contributed by atoms with E-state index >= 15 is 0 Å². The van der Waals surface area contributed by atoms with E-state index in [1.807, 2.05) is 85.8 Å². The summed E-state index contributed by atoms with van der Waals surface area (Å²) in [6.45, 7) is 6.84. The van der Waals surface area contributed by atoms with Gasteiger partial charge in [-0.3, -0.25) is 10.2 Å². The first-order chi connectivity index (χ1) is 16.5. The van der Waals surface area contributed by atoms with Gasteiger partial charge in [0.1, 0.15) is 11.3 Å². The van der Waals surface area contributed by atoms with Crippen molar-refractivity contribution in [1.29, 1.82) is 5.26 Å². The van der Waals surface area contributed by atoms with Crippen LogP contribution in [-0.2, 0) is 0 Å². The van der Waals surface area contributed by atoms with Gasteiger partial charge in [0.2, 0.25) is 0 Å². The van der Waals surface area contributed by atoms with Gasteiger partial charge in [0.25, 0.3) is 5.91 Å². The summed E-state index contributed by atoms with van der Waals surface area (Å²) in [5, 5.41) is 10.5. The lowest BCUT2D eigenvalue weighted by molar-refractivity contribution is 0.0933. The maximum atomic E-state index is 13.1. The van der Waals surface area contributed by atoms with Crippen molar-refractivity contribution >= 4 is 28.5 Å². The fourth-order valence-corrected chi connectivity index (χ4v) is 3.68. The molecule has 0 bridgehead atoms. The Labute approximate surface area is 199 Å². The fraction of sp³-hybridized carbons (Fsp3) is 0.172. The van der Waals surface area contributed by atoms with Gasteiger partial charge in [-0.25, -0.2) is 5.43 Å². The van der Waals surface area contributed by atoms with Crippen LogP contribution in [0.25, 0.3) is 33.9 Å². The highest BCUT2D eigenvalue weighted by Gasteiger charge is 2.22. The van der Waals surface area contributed by atoms with Crippen molar-refractivity contribution in [2.45, 2.75) is 20.8 Å². The molecule has 34 heavy (non-hydrogen) atoms. The third kappa shape index (κ3) is 5.09. The first-order valence-corrected chi connectivity index (χ1v) is 11.3. The highest BCUT2D eigenvalue weighted by molar-refractivity contribution is 6.11. The molecule has 0 saturated carbocycles. The van der Waals surface area contributed by atoms with Crippen LogP contribution in [0.3, 0.4) is 0 Å². The molecule has 1 amide bonds. The van der Waals surface area contributed by atoms with Crippen LogP contribution in [0.1, 0.15) is 40.9 Å². The Kier molecular flexibility index (Phi) is 6.91. The quantitative estimate of drug-likeness (QED) is 0.195. The number of fused-ring (bicyclic) bond motifs is 1. The van der Waals surface area contributed by atoms with E-state index in [-0.39, 0.29) is 5.91 Å². The van der Waals surface area contributed by atoms with Gasteiger partial charge >= 0.3 is 0 Å². The zero-order valence-corrected chi connectivity index (χ0v) is 19.6. The maximum Gasteiger partial charge on any atom is 0.269 e. The van der Waals surface area contributed by atoms with Crippen LogP contribution >= 0.6 is 0 Å². The number of benzene rings is 3. The second-order valence-corrected chi connectivity index (χ2v) is 8.69. The molecule has 0 aliphatic heterocycles. The second kappa shape index (κ2) is 10.2. The van der Waals surface area contributed by atoms with Gasteiger partial charge in [0.05, 0.1) is 17.2 Å². The molecule has 0 fully saturated rings. The number of aryl methyl sites for hydroxylation is 1. The lowest BCUT2D eigenvalue weighted by Gasteiger charge is -2.10. The first-order valence-electron chi connectivity index (χ1n) is 11.3. The van der Waals surface area contributed by atoms with Crippen LogP contribution in [0.15, 0.2) is 77.2 Å². The lowest BCUT2D eigenvalue weighted by atomic mass is 9.99. The molecule has 1 heterocycles. The number of carbonyl (C=O) groups excluding carboxylic acids is 1. The molecule has 0 spiro atoms. The standard InChI is InChI=1S/C29H27N3O2/c1-19(2)18-31-32-29(33)27-25-6-4-5-7-26(25)34-28(27)23-14-12-22(13-15-23)24(17-30)16-21-10-8-20(3)9-11-21/h4-16,19,31H,18H2,1-3H3,(H,32,33). The van der Waals surface area contributed by atoms with E-state index in [2.05, 4.69) is 30.8 Å². The SMILES string of the molecule is Cc1ccc(C=C(C#N)c2ccc(-c3oc4ccccc4c3C(=O)NNCC(C)C)cc2)cc1. The number of hydrogen-bond donors (Lipinski definition) is 2. The van der Waals surface area contributed by atoms with Crippen LogP contribution in [0.4, 0.5) is 0 Å². The first kappa shape index (κ1) is 23.0. The van der Waals surface area contributed by atoms with Crippen molar-refractivity contribution in [3.05, 3.63) is 95.1 Å². The molecule has 2 N–H and O–H groups in total. The predicted octanol–water partition coefficient (Wildman–Crippen LogP) is 6.36. The number of nitriles is 1. The van der Waals surface area contributed by atoms with Gasteiger partial charge in [-0.1, -0.05) is 86.1 Å². The number of nitrogens with one attached hydrogen (secondary N) is 2. The van der Waals surface area contributed by atoms with Crippen molar-refractivity contribution < 1.29 is 9.21 Å². The summed E-state index contributed by atoms with van der Waals surface area (Å²) in [4.78, 5) is 13.1. The topological polar surface area (TPSA) is 78.1 Å². The highest BCUT2D eigenvalue weighted by Crippen LogP contribution is 2.34. The predicted molar refractivity (Wildman–Crippen MR) is 137 cm³/mol. The van der Waals surface area contributed by atoms with Gasteiger partial charge in [0, 0.05) is 17.5 Å². The summed E-state index contributed by atoms with van der Waals surface area (Å²) in [5.74, 6) is 0.648. The second-order valence-electron chi connectivity index (χ2n) is 8.69. The van der Waals surface area contributed by atoms with E-state index in [0.717, 1.165) is 22.1 Å². The van der Waals surface area contributed by atoms with E-state index in [1.165, 1.54) is 5.56 Å². The number of nitrogens with zero attached hydrogens (tertiary/aromatic N) is 1. The summed E-state index contributed by atoms with van der Waals surface area (Å²) in [5.41, 5.74) is 11.2. The summed E-state index contributed by atoms with van der Waals surface area (Å²) >= 11 is 0. The number of hydrogen-bond acceptors (Lipinski definition) is 4. The Balaban J connectivity index is 1.67. The number of rotatable bonds is 7. The van der Waals surface area contributed by atoms with Gasteiger partial charge < -0.3 is 4.42 Å². The molecule has 4 aromatic rings. The summed E-state index contributed by atoms with van der Waals surface area (Å²) in [6, 6.07) is 25.3. The molecule has 5 heteroatoms. The summed E-state index contributed by atoms with van der Waals surface area (Å²) in [7, 11) is 0. The lowest BCUT2D eigenvalue weighted by Crippen LogP contribution is -2.39. The average Bonchev–Trinajstić information content (AvgIpc) is 3.23. The average molecular weight is 450 g/mol. The number of amides is 1. The molecule has 170 valence electrons. The van der Waals surface area contributed by atoms with Gasteiger partial charge in [-0.15, -0.1) is 0 Å². The van der Waals surface area contributed by atoms with E-state index in [1.54, 1.807) is 0 Å². The monoisotopic (exact) mass is 449 g/mol. The maximum absolute atomic E-state index is 13.1. The van der Waals surface area contributed by atoms with Crippen molar-refractivity contribution in [3.63, 3.8) is 0 Å². The van der Waals surface area contributed by atoms with Crippen LogP contribution in [0, 0.1) is 24.2 Å². The molecule has 5 nitrogen and oxygen atoms in total. The van der Waals surface area contributed by atoms with Crippen LogP contribution in [0.2, 0.25) is 0 Å². The molecule has 3 aromatic carbocycles. The number of para-hydroxylation sites is 1. The van der Waals surface area contributed by atoms with E-state index < -0.39 is 0 Å². The van der Waals surface area contributed by atoms with Gasteiger partial charge in [-0.05, 0) is 36.1 Å². The normalized spacial score (nSPS) is 11.6. The van der Waals surface area contributed by atoms with E-state index in [9.17, 15) is 10.1 Å². The van der Waals surface area contributed by atoms with Crippen molar-refractivity contribution in [3.8, 4) is 17.4 Å². The van der Waals surface area contributed by atoms with Crippen molar-refractivity contribution in [2.24, 2.45) is 5.92 Å². The molecule has 0 radical (unpaired) electrons. The third-order valence-corrected chi connectivity index (χ3v) is 5.50. The molecule has 0 aliphatic rings. The number of allylic oxidation sites excluding steroid dienone is 1. The Morgan fingerprint density at radius 1 is 1.03 bits per heavy atom. The molecule has 0 atom stereocenters. The zero-order chi connectivity index (χ0) is 24.1. The molecule has 0 saturated heterocycles. The molecular weight excluding hydrogens is 422 g/mol. The highest BCUT2D eigenvalue weighted by atomic mass is 16.3. The van der Waals surface area contributed by atoms with E-state index in [0.29, 0.717) is 34.9 Å². The Bertz CT molecular complexity index is 1370.